The van der Waals surface area contributed by atoms with Gasteiger partial charge in [-0.3, -0.25) is 0 Å². The first-order valence-electron chi connectivity index (χ1n) is 20.8. The standard InChI is InChI=1S/C58H38N2S/c1-2-17-43(18-3-1)59(44-33-29-40(30-34-44)46-24-14-16-39-15-4-5-19-45(39)46)56-36-32-41(37-52(56)42-31-35-51-50-23-9-13-28-57(50)61-58(51)38-42)47-20-6-10-25-53(47)60-54-26-11-7-21-48(54)49-22-8-12-27-55(49)60/h1-38H. The Morgan fingerprint density at radius 1 is 0.328 bits per heavy atom. The van der Waals surface area contributed by atoms with Crippen LogP contribution < -0.4 is 4.90 Å². The molecule has 61 heavy (non-hydrogen) atoms. The number of nitrogens with zero attached hydrogens (tertiary/aromatic N) is 2. The zero-order chi connectivity index (χ0) is 40.3. The molecule has 0 bridgehead atoms. The Kier molecular flexibility index (Phi) is 8.39. The van der Waals surface area contributed by atoms with Crippen molar-refractivity contribution in [1.29, 1.82) is 0 Å². The zero-order valence-corrected chi connectivity index (χ0v) is 34.1. The summed E-state index contributed by atoms with van der Waals surface area (Å²) in [5, 5.41) is 7.61. The number of para-hydroxylation sites is 4. The summed E-state index contributed by atoms with van der Waals surface area (Å²) in [5.74, 6) is 0. The van der Waals surface area contributed by atoms with E-state index in [2.05, 4.69) is 240 Å². The van der Waals surface area contributed by atoms with Gasteiger partial charge in [-0.05, 0) is 99.8 Å². The number of thiophene rings is 1. The highest BCUT2D eigenvalue weighted by Crippen LogP contribution is 2.46. The molecular weight excluding hydrogens is 757 g/mol. The molecular formula is C58H38N2S. The second-order valence-electron chi connectivity index (χ2n) is 15.7. The molecule has 0 aliphatic carbocycles. The molecule has 0 atom stereocenters. The third-order valence-electron chi connectivity index (χ3n) is 12.2. The van der Waals surface area contributed by atoms with Crippen molar-refractivity contribution in [2.24, 2.45) is 0 Å². The van der Waals surface area contributed by atoms with Crippen LogP contribution in [0.1, 0.15) is 0 Å². The van der Waals surface area contributed by atoms with Crippen LogP contribution in [-0.2, 0) is 0 Å². The van der Waals surface area contributed by atoms with Crippen LogP contribution in [0.3, 0.4) is 0 Å². The molecule has 12 aromatic rings. The van der Waals surface area contributed by atoms with Crippen molar-refractivity contribution in [2.75, 3.05) is 4.90 Å². The lowest BCUT2D eigenvalue weighted by Crippen LogP contribution is -2.11. The first-order valence-corrected chi connectivity index (χ1v) is 21.7. The summed E-state index contributed by atoms with van der Waals surface area (Å²) in [6.45, 7) is 0. The lowest BCUT2D eigenvalue weighted by Gasteiger charge is -2.29. The molecule has 286 valence electrons. The van der Waals surface area contributed by atoms with Crippen molar-refractivity contribution in [2.45, 2.75) is 0 Å². The number of hydrogen-bond donors (Lipinski definition) is 0. The summed E-state index contributed by atoms with van der Waals surface area (Å²) in [4.78, 5) is 2.42. The zero-order valence-electron chi connectivity index (χ0n) is 33.2. The maximum Gasteiger partial charge on any atom is 0.0541 e. The van der Waals surface area contributed by atoms with E-state index in [1.54, 1.807) is 0 Å². The largest absolute Gasteiger partial charge is 0.310 e. The molecule has 2 nitrogen and oxygen atoms in total. The molecule has 3 heteroatoms. The van der Waals surface area contributed by atoms with Gasteiger partial charge in [0, 0.05) is 53.4 Å². The van der Waals surface area contributed by atoms with Gasteiger partial charge in [0.1, 0.15) is 0 Å². The van der Waals surface area contributed by atoms with E-state index in [1.807, 2.05) is 11.3 Å². The molecule has 2 heterocycles. The van der Waals surface area contributed by atoms with Crippen LogP contribution in [-0.4, -0.2) is 4.57 Å². The number of anilines is 3. The van der Waals surface area contributed by atoms with Crippen LogP contribution in [0.15, 0.2) is 231 Å². The van der Waals surface area contributed by atoms with Gasteiger partial charge in [0.15, 0.2) is 0 Å². The Hall–Kier alpha value is -7.72. The van der Waals surface area contributed by atoms with E-state index in [1.165, 1.54) is 75.0 Å². The van der Waals surface area contributed by atoms with E-state index in [9.17, 15) is 0 Å². The molecule has 0 radical (unpaired) electrons. The van der Waals surface area contributed by atoms with Crippen molar-refractivity contribution in [3.8, 4) is 39.1 Å². The number of hydrogen-bond acceptors (Lipinski definition) is 2. The molecule has 12 rings (SSSR count). The minimum atomic E-state index is 1.10. The van der Waals surface area contributed by atoms with Crippen LogP contribution in [0.25, 0.3) is 91.8 Å². The van der Waals surface area contributed by atoms with Gasteiger partial charge in [0.05, 0.1) is 22.4 Å². The van der Waals surface area contributed by atoms with Crippen molar-refractivity contribution < 1.29 is 0 Å². The van der Waals surface area contributed by atoms with E-state index in [0.29, 0.717) is 0 Å². The van der Waals surface area contributed by atoms with Crippen molar-refractivity contribution in [3.05, 3.63) is 231 Å². The van der Waals surface area contributed by atoms with E-state index >= 15 is 0 Å². The van der Waals surface area contributed by atoms with E-state index in [-0.39, 0.29) is 0 Å². The minimum absolute atomic E-state index is 1.10. The van der Waals surface area contributed by atoms with Gasteiger partial charge in [-0.15, -0.1) is 11.3 Å². The van der Waals surface area contributed by atoms with Gasteiger partial charge in [-0.25, -0.2) is 0 Å². The molecule has 0 aliphatic heterocycles. The molecule has 0 N–H and O–H groups in total. The van der Waals surface area contributed by atoms with Gasteiger partial charge >= 0.3 is 0 Å². The topological polar surface area (TPSA) is 8.17 Å². The Morgan fingerprint density at radius 3 is 1.69 bits per heavy atom. The highest BCUT2D eigenvalue weighted by Gasteiger charge is 2.21. The highest BCUT2D eigenvalue weighted by molar-refractivity contribution is 7.25. The summed E-state index contributed by atoms with van der Waals surface area (Å²) in [6.07, 6.45) is 0. The normalized spacial score (nSPS) is 11.6. The maximum atomic E-state index is 2.44. The minimum Gasteiger partial charge on any atom is -0.310 e. The third-order valence-corrected chi connectivity index (χ3v) is 13.3. The number of fused-ring (bicyclic) bond motifs is 7. The third kappa shape index (κ3) is 5.93. The Bertz CT molecular complexity index is 3540. The van der Waals surface area contributed by atoms with Gasteiger partial charge in [-0.1, -0.05) is 164 Å². The van der Waals surface area contributed by atoms with Gasteiger partial charge < -0.3 is 9.47 Å². The van der Waals surface area contributed by atoms with Gasteiger partial charge in [0.25, 0.3) is 0 Å². The Balaban J connectivity index is 1.07. The molecule has 0 saturated heterocycles. The molecule has 0 aliphatic rings. The molecule has 0 fully saturated rings. The SMILES string of the molecule is c1ccc(N(c2ccc(-c3cccc4ccccc34)cc2)c2ccc(-c3ccccc3-n3c4ccccc4c4ccccc43)cc2-c2ccc3c(c2)sc2ccccc23)cc1. The molecule has 2 aromatic heterocycles. The van der Waals surface area contributed by atoms with E-state index in [4.69, 9.17) is 0 Å². The van der Waals surface area contributed by atoms with Crippen molar-refractivity contribution in [3.63, 3.8) is 0 Å². The quantitative estimate of drug-likeness (QED) is 0.156. The van der Waals surface area contributed by atoms with Gasteiger partial charge in [0.2, 0.25) is 0 Å². The smallest absolute Gasteiger partial charge is 0.0541 e. The van der Waals surface area contributed by atoms with Crippen LogP contribution in [0.5, 0.6) is 0 Å². The predicted molar refractivity (Wildman–Crippen MR) is 262 cm³/mol. The fourth-order valence-corrected chi connectivity index (χ4v) is 10.5. The van der Waals surface area contributed by atoms with Crippen LogP contribution in [0.2, 0.25) is 0 Å². The summed E-state index contributed by atoms with van der Waals surface area (Å²) >= 11 is 1.86. The first kappa shape index (κ1) is 35.2. The molecule has 0 saturated carbocycles. The Labute approximate surface area is 358 Å². The second-order valence-corrected chi connectivity index (χ2v) is 16.8. The summed E-state index contributed by atoms with van der Waals surface area (Å²) < 4.78 is 5.03. The van der Waals surface area contributed by atoms with E-state index < -0.39 is 0 Å². The second kappa shape index (κ2) is 14.5. The average Bonchev–Trinajstić information content (AvgIpc) is 3.88. The number of benzene rings is 10. The molecule has 0 unspecified atom stereocenters. The van der Waals surface area contributed by atoms with Gasteiger partial charge in [-0.2, -0.15) is 0 Å². The van der Waals surface area contributed by atoms with E-state index in [0.717, 1.165) is 33.9 Å². The molecule has 10 aromatic carbocycles. The fraction of sp³-hybridized carbons (Fsp3) is 0. The van der Waals surface area contributed by atoms with Crippen LogP contribution in [0.4, 0.5) is 17.1 Å². The monoisotopic (exact) mass is 794 g/mol. The first-order chi connectivity index (χ1) is 30.3. The van der Waals surface area contributed by atoms with Crippen LogP contribution in [0, 0.1) is 0 Å². The van der Waals surface area contributed by atoms with Crippen LogP contribution >= 0.6 is 11.3 Å². The maximum absolute atomic E-state index is 2.44. The Morgan fingerprint density at radius 2 is 0.885 bits per heavy atom. The molecule has 0 amide bonds. The number of rotatable bonds is 7. The summed E-state index contributed by atoms with van der Waals surface area (Å²) in [7, 11) is 0. The van der Waals surface area contributed by atoms with Crippen molar-refractivity contribution in [1.82, 2.24) is 4.57 Å². The highest BCUT2D eigenvalue weighted by atomic mass is 32.1. The van der Waals surface area contributed by atoms with Crippen molar-refractivity contribution >= 4 is 81.1 Å². The lowest BCUT2D eigenvalue weighted by molar-refractivity contribution is 1.18. The number of aromatic nitrogens is 1. The fourth-order valence-electron chi connectivity index (χ4n) is 9.39. The summed E-state index contributed by atoms with van der Waals surface area (Å²) in [5.41, 5.74) is 14.0. The predicted octanol–water partition coefficient (Wildman–Crippen LogP) is 16.8. The lowest BCUT2D eigenvalue weighted by atomic mass is 9.94. The summed E-state index contributed by atoms with van der Waals surface area (Å²) in [6, 6.07) is 84.3. The molecule has 0 spiro atoms. The average molecular weight is 795 g/mol.